The quantitative estimate of drug-likeness (QED) is 0.150. The van der Waals surface area contributed by atoms with Crippen LogP contribution in [0, 0.1) is 0 Å². The van der Waals surface area contributed by atoms with Gasteiger partial charge in [-0.2, -0.15) is 5.21 Å². The number of tetrazole rings is 1. The van der Waals surface area contributed by atoms with Gasteiger partial charge in [0.05, 0.1) is 12.1 Å². The molecule has 5 rings (SSSR count). The maximum absolute atomic E-state index is 13.3. The Morgan fingerprint density at radius 3 is 2.20 bits per heavy atom. The summed E-state index contributed by atoms with van der Waals surface area (Å²) in [5, 5.41) is 32.8. The van der Waals surface area contributed by atoms with Crippen molar-refractivity contribution in [2.24, 2.45) is 0 Å². The Morgan fingerprint density at radius 2 is 1.53 bits per heavy atom. The highest BCUT2D eigenvalue weighted by Gasteiger charge is 2.30. The zero-order valence-corrected chi connectivity index (χ0v) is 24.0. The van der Waals surface area contributed by atoms with Gasteiger partial charge in [0, 0.05) is 23.4 Å². The highest BCUT2D eigenvalue weighted by Crippen LogP contribution is 2.19. The Labute approximate surface area is 256 Å². The number of hydrogen-bond donors (Lipinski definition) is 5. The van der Waals surface area contributed by atoms with Crippen molar-refractivity contribution in [1.82, 2.24) is 31.3 Å². The molecular weight excluding hydrogens is 578 g/mol. The van der Waals surface area contributed by atoms with Gasteiger partial charge in [-0.15, -0.1) is 10.2 Å². The fraction of sp³-hybridized carbons (Fsp3) is 0.156. The maximum Gasteiger partial charge on any atom is 0.287 e. The number of nitrogens with zero attached hydrogens (tertiary/aromatic N) is 3. The van der Waals surface area contributed by atoms with Crippen LogP contribution in [0.15, 0.2) is 106 Å². The number of rotatable bonds is 11. The second-order valence-electron chi connectivity index (χ2n) is 10.1. The third-order valence-corrected chi connectivity index (χ3v) is 6.86. The van der Waals surface area contributed by atoms with E-state index in [0.29, 0.717) is 17.1 Å². The van der Waals surface area contributed by atoms with Crippen LogP contribution in [0.1, 0.15) is 45.2 Å². The summed E-state index contributed by atoms with van der Waals surface area (Å²) in [6, 6.07) is 25.1. The van der Waals surface area contributed by atoms with Crippen LogP contribution in [0.25, 0.3) is 11.4 Å². The third-order valence-electron chi connectivity index (χ3n) is 6.86. The number of carbonyl (C=O) groups excluding carboxylic acids is 3. The summed E-state index contributed by atoms with van der Waals surface area (Å²) < 4.78 is 5.53. The monoisotopic (exact) mass is 607 g/mol. The van der Waals surface area contributed by atoms with E-state index in [1.165, 1.54) is 0 Å². The molecule has 1 unspecified atom stereocenters. The molecule has 5 N–H and O–H groups in total. The van der Waals surface area contributed by atoms with Crippen molar-refractivity contribution < 1.29 is 23.9 Å². The first-order valence-corrected chi connectivity index (χ1v) is 14.0. The van der Waals surface area contributed by atoms with E-state index in [1.54, 1.807) is 61.5 Å². The molecule has 0 radical (unpaired) electrons. The Balaban J connectivity index is 1.33. The lowest BCUT2D eigenvalue weighted by molar-refractivity contribution is -0.125. The van der Waals surface area contributed by atoms with E-state index in [9.17, 15) is 24.3 Å². The van der Waals surface area contributed by atoms with Crippen molar-refractivity contribution in [2.45, 2.75) is 31.5 Å². The van der Waals surface area contributed by atoms with Gasteiger partial charge in [-0.1, -0.05) is 72.8 Å². The molecule has 0 saturated carbocycles. The lowest BCUT2D eigenvalue weighted by Crippen LogP contribution is -2.50. The summed E-state index contributed by atoms with van der Waals surface area (Å²) >= 11 is 0. The third kappa shape index (κ3) is 7.91. The van der Waals surface area contributed by atoms with Gasteiger partial charge in [0.2, 0.25) is 5.82 Å². The van der Waals surface area contributed by atoms with Crippen molar-refractivity contribution >= 4 is 23.4 Å². The zero-order chi connectivity index (χ0) is 31.8. The molecule has 228 valence electrons. The lowest BCUT2D eigenvalue weighted by atomic mass is 10.00. The second kappa shape index (κ2) is 14.0. The van der Waals surface area contributed by atoms with Crippen LogP contribution in [-0.2, 0) is 11.2 Å². The maximum atomic E-state index is 13.3. The van der Waals surface area contributed by atoms with Gasteiger partial charge in [-0.25, -0.2) is 0 Å². The molecule has 0 aliphatic rings. The summed E-state index contributed by atoms with van der Waals surface area (Å²) in [7, 11) is 0. The molecule has 0 fully saturated rings. The van der Waals surface area contributed by atoms with Crippen molar-refractivity contribution in [1.29, 1.82) is 0 Å². The number of H-pyrrole nitrogens is 1. The average Bonchev–Trinajstić information content (AvgIpc) is 3.60. The van der Waals surface area contributed by atoms with Gasteiger partial charge >= 0.3 is 0 Å². The van der Waals surface area contributed by atoms with E-state index in [2.05, 4.69) is 36.6 Å². The number of anilines is 1. The fourth-order valence-corrected chi connectivity index (χ4v) is 4.56. The predicted octanol–water partition coefficient (Wildman–Crippen LogP) is 2.65. The smallest absolute Gasteiger partial charge is 0.287 e. The van der Waals surface area contributed by atoms with Gasteiger partial charge in [0.1, 0.15) is 0 Å². The van der Waals surface area contributed by atoms with Crippen molar-refractivity contribution in [2.75, 3.05) is 5.32 Å². The molecule has 13 nitrogen and oxygen atoms in total. The Morgan fingerprint density at radius 1 is 0.867 bits per heavy atom. The van der Waals surface area contributed by atoms with Crippen molar-refractivity contribution in [3.8, 4) is 11.4 Å². The van der Waals surface area contributed by atoms with Gasteiger partial charge in [0.15, 0.2) is 23.1 Å². The number of aliphatic hydroxyl groups is 1. The van der Waals surface area contributed by atoms with Crippen LogP contribution in [0.3, 0.4) is 0 Å². The van der Waals surface area contributed by atoms with E-state index in [-0.39, 0.29) is 12.2 Å². The first kappa shape index (κ1) is 30.5. The average molecular weight is 608 g/mol. The zero-order valence-electron chi connectivity index (χ0n) is 24.0. The summed E-state index contributed by atoms with van der Waals surface area (Å²) in [5.41, 5.74) is 1.84. The summed E-state index contributed by atoms with van der Waals surface area (Å²) in [6.07, 6.45) is -1.67. The largest absolute Gasteiger partial charge is 0.445 e. The number of nitrogens with one attached hydrogen (secondary N) is 4. The fourth-order valence-electron chi connectivity index (χ4n) is 4.56. The molecule has 2 aromatic heterocycles. The number of aromatic nitrogens is 4. The standard InChI is InChI=1S/C32H29N7O6/c1-19(21-11-6-3-7-12-21)33-30(42)26-17-24(40)18-27(45-26)31(43)35-25(15-20-9-4-2-5-10-20)28(41)32(44)34-23-14-8-13-22(16-23)29-36-38-39-37-29/h2-14,16-19,25,28,41H,15H2,1H3,(H,33,42)(H,34,44)(H,35,43)(H,36,37,38,39)/t19-,25?,28+/m1/s1. The predicted molar refractivity (Wildman–Crippen MR) is 163 cm³/mol. The van der Waals surface area contributed by atoms with Crippen molar-refractivity contribution in [3.63, 3.8) is 0 Å². The second-order valence-corrected chi connectivity index (χ2v) is 10.1. The number of aromatic amines is 1. The molecule has 5 aromatic rings. The molecule has 13 heteroatoms. The Bertz CT molecular complexity index is 1830. The van der Waals surface area contributed by atoms with E-state index in [0.717, 1.165) is 23.3 Å². The Hall–Kier alpha value is -5.95. The minimum Gasteiger partial charge on any atom is -0.445 e. The molecule has 2 heterocycles. The molecule has 3 atom stereocenters. The number of aliphatic hydroxyl groups excluding tert-OH is 1. The number of benzene rings is 3. The molecule has 45 heavy (non-hydrogen) atoms. The summed E-state index contributed by atoms with van der Waals surface area (Å²) in [5.74, 6) is -2.90. The van der Waals surface area contributed by atoms with Crippen LogP contribution < -0.4 is 21.4 Å². The SMILES string of the molecule is C[C@@H](NC(=O)c1cc(=O)cc(C(=O)NC(Cc2ccccc2)[C@H](O)C(=O)Nc2cccc(-c3nn[nH]n3)c2)o1)c1ccccc1. The number of hydrogen-bond acceptors (Lipinski definition) is 9. The lowest BCUT2D eigenvalue weighted by Gasteiger charge is -2.24. The molecule has 3 amide bonds. The van der Waals surface area contributed by atoms with E-state index >= 15 is 0 Å². The molecular formula is C32H29N7O6. The minimum absolute atomic E-state index is 0.0586. The van der Waals surface area contributed by atoms with Crippen LogP contribution >= 0.6 is 0 Å². The number of carbonyl (C=O) groups is 3. The van der Waals surface area contributed by atoms with E-state index in [1.807, 2.05) is 30.3 Å². The molecule has 0 spiro atoms. The van der Waals surface area contributed by atoms with Gasteiger partial charge in [-0.05, 0) is 41.8 Å². The molecule has 0 aliphatic carbocycles. The van der Waals surface area contributed by atoms with Crippen LogP contribution in [0.4, 0.5) is 5.69 Å². The highest BCUT2D eigenvalue weighted by atomic mass is 16.4. The molecule has 3 aromatic carbocycles. The van der Waals surface area contributed by atoms with Gasteiger partial charge in [0.25, 0.3) is 17.7 Å². The molecule has 0 aliphatic heterocycles. The topological polar surface area (TPSA) is 192 Å². The van der Waals surface area contributed by atoms with E-state index in [4.69, 9.17) is 4.42 Å². The normalized spacial score (nSPS) is 12.8. The van der Waals surface area contributed by atoms with Gasteiger partial charge < -0.3 is 25.5 Å². The first-order chi connectivity index (χ1) is 21.8. The first-order valence-electron chi connectivity index (χ1n) is 14.0. The Kier molecular flexibility index (Phi) is 9.50. The van der Waals surface area contributed by atoms with E-state index < -0.39 is 47.1 Å². The highest BCUT2D eigenvalue weighted by molar-refractivity contribution is 5.97. The summed E-state index contributed by atoms with van der Waals surface area (Å²) in [4.78, 5) is 51.9. The molecule has 0 saturated heterocycles. The minimum atomic E-state index is -1.73. The molecule has 0 bridgehead atoms. The van der Waals surface area contributed by atoms with Crippen LogP contribution in [0.5, 0.6) is 0 Å². The number of amides is 3. The summed E-state index contributed by atoms with van der Waals surface area (Å²) in [6.45, 7) is 1.77. The van der Waals surface area contributed by atoms with Gasteiger partial charge in [-0.3, -0.25) is 19.2 Å². The van der Waals surface area contributed by atoms with Crippen molar-refractivity contribution in [3.05, 3.63) is 130 Å². The van der Waals surface area contributed by atoms with Crippen LogP contribution in [0.2, 0.25) is 0 Å². The van der Waals surface area contributed by atoms with Crippen LogP contribution in [-0.4, -0.2) is 55.6 Å².